The second-order valence-electron chi connectivity index (χ2n) is 6.10. The number of aromatic nitrogens is 1. The van der Waals surface area contributed by atoms with Gasteiger partial charge in [0.25, 0.3) is 5.91 Å². The standard InChI is InChI=1S/C16H19N3O3.ClH/c20-16(13-8-15(22-18-13)14-2-1-7-21-14)19-5-3-11-9-17-10-12(11)4-6-19;/h1-2,7-8,11-12,17H,3-6,9-10H2;1H/t11-,12+;. The molecule has 0 saturated carbocycles. The van der Waals surface area contributed by atoms with Crippen LogP contribution < -0.4 is 5.32 Å². The lowest BCUT2D eigenvalue weighted by Gasteiger charge is -2.19. The van der Waals surface area contributed by atoms with Crippen LogP contribution in [0.3, 0.4) is 0 Å². The monoisotopic (exact) mass is 337 g/mol. The summed E-state index contributed by atoms with van der Waals surface area (Å²) in [7, 11) is 0. The molecular formula is C16H20ClN3O3. The van der Waals surface area contributed by atoms with Crippen LogP contribution in [0.2, 0.25) is 0 Å². The highest BCUT2D eigenvalue weighted by Crippen LogP contribution is 2.28. The Bertz CT molecular complexity index is 641. The molecule has 2 aromatic rings. The van der Waals surface area contributed by atoms with Crippen molar-refractivity contribution >= 4 is 18.3 Å². The average molecular weight is 338 g/mol. The van der Waals surface area contributed by atoms with Gasteiger partial charge in [-0.1, -0.05) is 5.16 Å². The van der Waals surface area contributed by atoms with Crippen molar-refractivity contribution < 1.29 is 13.7 Å². The molecule has 0 unspecified atom stereocenters. The molecule has 0 bridgehead atoms. The number of rotatable bonds is 2. The summed E-state index contributed by atoms with van der Waals surface area (Å²) in [6.45, 7) is 3.76. The minimum absolute atomic E-state index is 0. The van der Waals surface area contributed by atoms with Crippen LogP contribution in [0, 0.1) is 11.8 Å². The number of likely N-dealkylation sites (tertiary alicyclic amines) is 1. The Morgan fingerprint density at radius 3 is 2.61 bits per heavy atom. The number of nitrogens with one attached hydrogen (secondary N) is 1. The molecule has 1 amide bonds. The molecule has 6 nitrogen and oxygen atoms in total. The highest BCUT2D eigenvalue weighted by atomic mass is 35.5. The number of carbonyl (C=O) groups excluding carboxylic acids is 1. The van der Waals surface area contributed by atoms with Gasteiger partial charge >= 0.3 is 0 Å². The summed E-state index contributed by atoms with van der Waals surface area (Å²) in [5.41, 5.74) is 0.358. The highest BCUT2D eigenvalue weighted by molar-refractivity contribution is 5.93. The maximum atomic E-state index is 12.6. The molecule has 0 aromatic carbocycles. The van der Waals surface area contributed by atoms with Crippen molar-refractivity contribution in [1.82, 2.24) is 15.4 Å². The number of nitrogens with zero attached hydrogens (tertiary/aromatic N) is 2. The van der Waals surface area contributed by atoms with Gasteiger partial charge in [0.15, 0.2) is 11.5 Å². The highest BCUT2D eigenvalue weighted by Gasteiger charge is 2.32. The van der Waals surface area contributed by atoms with E-state index in [2.05, 4.69) is 10.5 Å². The quantitative estimate of drug-likeness (QED) is 0.911. The third-order valence-corrected chi connectivity index (χ3v) is 4.80. The van der Waals surface area contributed by atoms with Gasteiger partial charge in [-0.15, -0.1) is 12.4 Å². The van der Waals surface area contributed by atoms with Gasteiger partial charge < -0.3 is 19.2 Å². The molecule has 0 aliphatic carbocycles. The van der Waals surface area contributed by atoms with E-state index in [0.717, 1.165) is 39.0 Å². The van der Waals surface area contributed by atoms with Gasteiger partial charge in [-0.05, 0) is 49.9 Å². The molecular weight excluding hydrogens is 318 g/mol. The largest absolute Gasteiger partial charge is 0.461 e. The van der Waals surface area contributed by atoms with Crippen LogP contribution in [0.1, 0.15) is 23.3 Å². The summed E-state index contributed by atoms with van der Waals surface area (Å²) < 4.78 is 10.5. The molecule has 0 radical (unpaired) electrons. The Balaban J connectivity index is 0.00000156. The smallest absolute Gasteiger partial charge is 0.276 e. The van der Waals surface area contributed by atoms with Crippen molar-refractivity contribution in [1.29, 1.82) is 0 Å². The van der Waals surface area contributed by atoms with Crippen LogP contribution in [0.15, 0.2) is 33.4 Å². The van der Waals surface area contributed by atoms with E-state index in [1.54, 1.807) is 24.5 Å². The van der Waals surface area contributed by atoms with Gasteiger partial charge in [0.05, 0.1) is 6.26 Å². The molecule has 2 atom stereocenters. The Morgan fingerprint density at radius 2 is 1.96 bits per heavy atom. The summed E-state index contributed by atoms with van der Waals surface area (Å²) >= 11 is 0. The van der Waals surface area contributed by atoms with E-state index in [0.29, 0.717) is 29.1 Å². The zero-order valence-electron chi connectivity index (χ0n) is 12.7. The molecule has 2 aliphatic rings. The Hall–Kier alpha value is -1.79. The van der Waals surface area contributed by atoms with E-state index in [1.807, 2.05) is 4.90 Å². The lowest BCUT2D eigenvalue weighted by Crippen LogP contribution is -2.32. The molecule has 23 heavy (non-hydrogen) atoms. The van der Waals surface area contributed by atoms with E-state index in [4.69, 9.17) is 8.94 Å². The van der Waals surface area contributed by atoms with E-state index < -0.39 is 0 Å². The van der Waals surface area contributed by atoms with Crippen LogP contribution in [-0.2, 0) is 0 Å². The number of hydrogen-bond acceptors (Lipinski definition) is 5. The second kappa shape index (κ2) is 6.76. The summed E-state index contributed by atoms with van der Waals surface area (Å²) in [6, 6.07) is 5.23. The topological polar surface area (TPSA) is 71.5 Å². The predicted octanol–water partition coefficient (Wildman–Crippen LogP) is 2.43. The average Bonchev–Trinajstić information content (AvgIpc) is 3.26. The molecule has 2 aromatic heterocycles. The van der Waals surface area contributed by atoms with Crippen molar-refractivity contribution in [2.24, 2.45) is 11.8 Å². The summed E-state index contributed by atoms with van der Waals surface area (Å²) in [5, 5.41) is 7.36. The fourth-order valence-electron chi connectivity index (χ4n) is 3.49. The fourth-order valence-corrected chi connectivity index (χ4v) is 3.49. The first-order valence-electron chi connectivity index (χ1n) is 7.82. The Labute approximate surface area is 140 Å². The zero-order valence-corrected chi connectivity index (χ0v) is 13.6. The predicted molar refractivity (Wildman–Crippen MR) is 86.4 cm³/mol. The number of hydrogen-bond donors (Lipinski definition) is 1. The summed E-state index contributed by atoms with van der Waals surface area (Å²) in [4.78, 5) is 14.5. The molecule has 0 spiro atoms. The zero-order chi connectivity index (χ0) is 14.9. The fraction of sp³-hybridized carbons (Fsp3) is 0.500. The molecule has 4 rings (SSSR count). The number of carbonyl (C=O) groups is 1. The van der Waals surface area contributed by atoms with Gasteiger partial charge in [0, 0.05) is 19.2 Å². The van der Waals surface area contributed by atoms with E-state index in [1.165, 1.54) is 0 Å². The van der Waals surface area contributed by atoms with E-state index in [9.17, 15) is 4.79 Å². The lowest BCUT2D eigenvalue weighted by atomic mass is 9.92. The van der Waals surface area contributed by atoms with Gasteiger partial charge in [-0.3, -0.25) is 4.79 Å². The number of furan rings is 1. The second-order valence-corrected chi connectivity index (χ2v) is 6.10. The molecule has 2 fully saturated rings. The lowest BCUT2D eigenvalue weighted by molar-refractivity contribution is 0.0748. The minimum Gasteiger partial charge on any atom is -0.461 e. The molecule has 1 N–H and O–H groups in total. The van der Waals surface area contributed by atoms with Crippen molar-refractivity contribution in [3.05, 3.63) is 30.2 Å². The van der Waals surface area contributed by atoms with Crippen LogP contribution >= 0.6 is 12.4 Å². The third-order valence-electron chi connectivity index (χ3n) is 4.80. The van der Waals surface area contributed by atoms with Crippen molar-refractivity contribution in [2.75, 3.05) is 26.2 Å². The SMILES string of the molecule is Cl.O=C(c1cc(-c2ccco2)on1)N1CC[C@@H]2CNC[C@@H]2CC1. The summed E-state index contributed by atoms with van der Waals surface area (Å²) in [5.74, 6) is 2.43. The first-order chi connectivity index (χ1) is 10.8. The van der Waals surface area contributed by atoms with Crippen molar-refractivity contribution in [3.63, 3.8) is 0 Å². The molecule has 124 valence electrons. The van der Waals surface area contributed by atoms with Gasteiger partial charge in [-0.2, -0.15) is 0 Å². The van der Waals surface area contributed by atoms with Crippen LogP contribution in [-0.4, -0.2) is 42.1 Å². The first-order valence-corrected chi connectivity index (χ1v) is 7.82. The van der Waals surface area contributed by atoms with Crippen LogP contribution in [0.25, 0.3) is 11.5 Å². The first kappa shape index (κ1) is 16.1. The van der Waals surface area contributed by atoms with Gasteiger partial charge in [-0.25, -0.2) is 0 Å². The Morgan fingerprint density at radius 1 is 1.22 bits per heavy atom. The third kappa shape index (κ3) is 3.14. The molecule has 7 heteroatoms. The normalized spacial score (nSPS) is 23.9. The van der Waals surface area contributed by atoms with Crippen molar-refractivity contribution in [2.45, 2.75) is 12.8 Å². The van der Waals surface area contributed by atoms with Gasteiger partial charge in [0.2, 0.25) is 5.76 Å². The van der Waals surface area contributed by atoms with E-state index >= 15 is 0 Å². The van der Waals surface area contributed by atoms with Gasteiger partial charge in [0.1, 0.15) is 0 Å². The Kier molecular flexibility index (Phi) is 4.73. The molecule has 2 aliphatic heterocycles. The molecule has 2 saturated heterocycles. The van der Waals surface area contributed by atoms with E-state index in [-0.39, 0.29) is 18.3 Å². The van der Waals surface area contributed by atoms with Crippen LogP contribution in [0.5, 0.6) is 0 Å². The molecule has 4 heterocycles. The maximum absolute atomic E-state index is 12.6. The minimum atomic E-state index is -0.0468. The number of halogens is 1. The number of fused-ring (bicyclic) bond motifs is 1. The number of amides is 1. The summed E-state index contributed by atoms with van der Waals surface area (Å²) in [6.07, 6.45) is 3.69. The van der Waals surface area contributed by atoms with Crippen molar-refractivity contribution in [3.8, 4) is 11.5 Å². The van der Waals surface area contributed by atoms with Crippen LogP contribution in [0.4, 0.5) is 0 Å². The maximum Gasteiger partial charge on any atom is 0.276 e.